The molecule has 1 fully saturated rings. The molecule has 0 aliphatic carbocycles. The number of nitrogens with zero attached hydrogens (tertiary/aromatic N) is 1. The molecule has 1 aromatic rings. The van der Waals surface area contributed by atoms with Crippen molar-refractivity contribution in [1.29, 1.82) is 0 Å². The fraction of sp³-hybridized carbons (Fsp3) is 0.611. The van der Waals surface area contributed by atoms with Crippen molar-refractivity contribution in [1.82, 2.24) is 10.2 Å². The van der Waals surface area contributed by atoms with E-state index in [9.17, 15) is 4.79 Å². The van der Waals surface area contributed by atoms with Gasteiger partial charge in [-0.05, 0) is 30.7 Å². The number of hydrogen-bond donors (Lipinski definition) is 1. The normalized spacial score (nSPS) is 22.6. The summed E-state index contributed by atoms with van der Waals surface area (Å²) < 4.78 is 0. The summed E-state index contributed by atoms with van der Waals surface area (Å²) >= 11 is 0. The molecule has 1 aliphatic heterocycles. The molecule has 0 spiro atoms. The van der Waals surface area contributed by atoms with Crippen LogP contribution in [-0.4, -0.2) is 23.4 Å². The number of carbonyl (C=O) groups is 1. The highest BCUT2D eigenvalue weighted by atomic mass is 16.2. The molecule has 0 aromatic heterocycles. The van der Waals surface area contributed by atoms with Gasteiger partial charge in [0.1, 0.15) is 6.17 Å². The molecule has 1 amide bonds. The average molecular weight is 288 g/mol. The van der Waals surface area contributed by atoms with E-state index in [-0.39, 0.29) is 18.1 Å². The van der Waals surface area contributed by atoms with Crippen molar-refractivity contribution in [3.63, 3.8) is 0 Å². The molecule has 1 heterocycles. The van der Waals surface area contributed by atoms with Gasteiger partial charge in [0.05, 0.1) is 6.04 Å². The van der Waals surface area contributed by atoms with E-state index in [0.717, 1.165) is 13.0 Å². The van der Waals surface area contributed by atoms with Crippen LogP contribution in [0.3, 0.4) is 0 Å². The van der Waals surface area contributed by atoms with E-state index >= 15 is 0 Å². The van der Waals surface area contributed by atoms with Crippen molar-refractivity contribution in [2.45, 2.75) is 53.2 Å². The van der Waals surface area contributed by atoms with Gasteiger partial charge in [-0.2, -0.15) is 0 Å². The molecule has 0 bridgehead atoms. The minimum absolute atomic E-state index is 0.0172. The number of aryl methyl sites for hydroxylation is 1. The first-order valence-electron chi connectivity index (χ1n) is 8.01. The first-order valence-corrected chi connectivity index (χ1v) is 8.01. The Morgan fingerprint density at radius 3 is 2.48 bits per heavy atom. The lowest BCUT2D eigenvalue weighted by Gasteiger charge is -2.26. The van der Waals surface area contributed by atoms with Crippen LogP contribution >= 0.6 is 0 Å². The van der Waals surface area contributed by atoms with Crippen LogP contribution in [0.5, 0.6) is 0 Å². The van der Waals surface area contributed by atoms with Crippen LogP contribution in [0.15, 0.2) is 24.3 Å². The summed E-state index contributed by atoms with van der Waals surface area (Å²) in [5, 5.41) is 3.55. The van der Waals surface area contributed by atoms with Crippen molar-refractivity contribution < 1.29 is 4.79 Å². The Morgan fingerprint density at radius 2 is 1.90 bits per heavy atom. The van der Waals surface area contributed by atoms with E-state index in [4.69, 9.17) is 0 Å². The summed E-state index contributed by atoms with van der Waals surface area (Å²) in [6.07, 6.45) is 0.916. The zero-order valence-electron chi connectivity index (χ0n) is 13.9. The first kappa shape index (κ1) is 16.0. The van der Waals surface area contributed by atoms with Crippen LogP contribution in [0, 0.1) is 18.8 Å². The van der Waals surface area contributed by atoms with Gasteiger partial charge in [-0.15, -0.1) is 0 Å². The maximum atomic E-state index is 12.7. The van der Waals surface area contributed by atoms with E-state index in [0.29, 0.717) is 11.8 Å². The Kier molecular flexibility index (Phi) is 5.04. The predicted octanol–water partition coefficient (Wildman–Crippen LogP) is 3.50. The molecule has 1 aromatic carbocycles. The zero-order chi connectivity index (χ0) is 15.6. The summed E-state index contributed by atoms with van der Waals surface area (Å²) in [4.78, 5) is 14.7. The Hall–Kier alpha value is -1.35. The summed E-state index contributed by atoms with van der Waals surface area (Å²) in [6, 6.07) is 8.41. The van der Waals surface area contributed by atoms with Crippen LogP contribution < -0.4 is 5.32 Å². The lowest BCUT2D eigenvalue weighted by Crippen LogP contribution is -2.34. The van der Waals surface area contributed by atoms with Crippen LogP contribution in [0.2, 0.25) is 0 Å². The second-order valence-corrected chi connectivity index (χ2v) is 7.05. The summed E-state index contributed by atoms with van der Waals surface area (Å²) in [5.74, 6) is 1.24. The van der Waals surface area contributed by atoms with E-state index < -0.39 is 0 Å². The van der Waals surface area contributed by atoms with Crippen LogP contribution in [0.4, 0.5) is 0 Å². The molecule has 2 unspecified atom stereocenters. The van der Waals surface area contributed by atoms with Gasteiger partial charge in [-0.1, -0.05) is 57.5 Å². The Balaban J connectivity index is 2.26. The molecule has 1 saturated heterocycles. The molecule has 1 N–H and O–H groups in total. The van der Waals surface area contributed by atoms with Crippen LogP contribution in [0.25, 0.3) is 0 Å². The number of carbonyl (C=O) groups excluding carboxylic acids is 1. The van der Waals surface area contributed by atoms with Gasteiger partial charge in [-0.25, -0.2) is 0 Å². The quantitative estimate of drug-likeness (QED) is 0.899. The molecule has 1 aliphatic rings. The number of hydrogen-bond acceptors (Lipinski definition) is 2. The lowest BCUT2D eigenvalue weighted by atomic mass is 10.0. The van der Waals surface area contributed by atoms with Crippen LogP contribution in [0.1, 0.15) is 51.4 Å². The lowest BCUT2D eigenvalue weighted by molar-refractivity contribution is -0.130. The minimum Gasteiger partial charge on any atom is -0.321 e. The topological polar surface area (TPSA) is 32.3 Å². The number of nitrogens with one attached hydrogen (secondary N) is 1. The van der Waals surface area contributed by atoms with Gasteiger partial charge in [0.2, 0.25) is 5.91 Å². The molecule has 3 heteroatoms. The first-order chi connectivity index (χ1) is 9.88. The third-order valence-electron chi connectivity index (χ3n) is 3.88. The molecule has 0 saturated carbocycles. The monoisotopic (exact) mass is 288 g/mol. The fourth-order valence-corrected chi connectivity index (χ4v) is 3.02. The Morgan fingerprint density at radius 1 is 1.19 bits per heavy atom. The van der Waals surface area contributed by atoms with Crippen LogP contribution in [-0.2, 0) is 4.79 Å². The second-order valence-electron chi connectivity index (χ2n) is 7.05. The smallest absolute Gasteiger partial charge is 0.241 e. The fourth-order valence-electron chi connectivity index (χ4n) is 3.02. The average Bonchev–Trinajstić information content (AvgIpc) is 2.66. The highest BCUT2D eigenvalue weighted by Crippen LogP contribution is 2.29. The second kappa shape index (κ2) is 6.61. The van der Waals surface area contributed by atoms with Gasteiger partial charge >= 0.3 is 0 Å². The Bertz CT molecular complexity index is 496. The highest BCUT2D eigenvalue weighted by Gasteiger charge is 2.39. The molecule has 2 rings (SSSR count). The van der Waals surface area contributed by atoms with E-state index in [2.05, 4.69) is 64.2 Å². The number of amides is 1. The SMILES string of the molecule is Cc1cccc(C2NC(CC(C)C)C(=O)N2CC(C)C)c1. The Labute approximate surface area is 128 Å². The zero-order valence-corrected chi connectivity index (χ0v) is 13.9. The van der Waals surface area contributed by atoms with Gasteiger partial charge in [0.25, 0.3) is 0 Å². The number of rotatable bonds is 5. The van der Waals surface area contributed by atoms with Crippen molar-refractivity contribution in [3.05, 3.63) is 35.4 Å². The summed E-state index contributed by atoms with van der Waals surface area (Å²) in [5.41, 5.74) is 2.42. The van der Waals surface area contributed by atoms with Crippen molar-refractivity contribution in [2.75, 3.05) is 6.54 Å². The van der Waals surface area contributed by atoms with Gasteiger partial charge in [0.15, 0.2) is 0 Å². The summed E-state index contributed by atoms with van der Waals surface area (Å²) in [7, 11) is 0. The molecule has 3 nitrogen and oxygen atoms in total. The van der Waals surface area contributed by atoms with Gasteiger partial charge in [0, 0.05) is 6.54 Å². The maximum Gasteiger partial charge on any atom is 0.241 e. The van der Waals surface area contributed by atoms with Crippen molar-refractivity contribution in [3.8, 4) is 0 Å². The largest absolute Gasteiger partial charge is 0.321 e. The van der Waals surface area contributed by atoms with Crippen molar-refractivity contribution in [2.24, 2.45) is 11.8 Å². The highest BCUT2D eigenvalue weighted by molar-refractivity contribution is 5.84. The van der Waals surface area contributed by atoms with E-state index in [1.807, 2.05) is 4.90 Å². The standard InChI is InChI=1S/C18H28N2O/c1-12(2)9-16-18(21)20(11-13(3)4)17(19-16)15-8-6-7-14(5)10-15/h6-8,10,12-13,16-17,19H,9,11H2,1-5H3. The maximum absolute atomic E-state index is 12.7. The third-order valence-corrected chi connectivity index (χ3v) is 3.88. The molecule has 2 atom stereocenters. The summed E-state index contributed by atoms with van der Waals surface area (Å²) in [6.45, 7) is 11.6. The third kappa shape index (κ3) is 3.85. The molecule has 21 heavy (non-hydrogen) atoms. The molecule has 116 valence electrons. The van der Waals surface area contributed by atoms with Gasteiger partial charge in [-0.3, -0.25) is 10.1 Å². The number of benzene rings is 1. The minimum atomic E-state index is -0.0470. The molecular formula is C18H28N2O. The molecular weight excluding hydrogens is 260 g/mol. The van der Waals surface area contributed by atoms with Crippen molar-refractivity contribution >= 4 is 5.91 Å². The van der Waals surface area contributed by atoms with Gasteiger partial charge < -0.3 is 4.90 Å². The predicted molar refractivity (Wildman–Crippen MR) is 86.8 cm³/mol. The molecule has 0 radical (unpaired) electrons. The van der Waals surface area contributed by atoms with E-state index in [1.165, 1.54) is 11.1 Å². The van der Waals surface area contributed by atoms with E-state index in [1.54, 1.807) is 0 Å².